The third-order valence-electron chi connectivity index (χ3n) is 2.66. The van der Waals surface area contributed by atoms with E-state index in [0.29, 0.717) is 13.2 Å². The fourth-order valence-electron chi connectivity index (χ4n) is 1.70. The first-order chi connectivity index (χ1) is 7.98. The highest BCUT2D eigenvalue weighted by Crippen LogP contribution is 2.21. The maximum atomic E-state index is 10.9. The van der Waals surface area contributed by atoms with E-state index in [1.54, 1.807) is 18.2 Å². The van der Waals surface area contributed by atoms with E-state index in [0.717, 1.165) is 5.46 Å². The van der Waals surface area contributed by atoms with Crippen LogP contribution in [0.3, 0.4) is 0 Å². The molecule has 0 atom stereocenters. The van der Waals surface area contributed by atoms with Gasteiger partial charge in [-0.15, -0.1) is 0 Å². The lowest BCUT2D eigenvalue weighted by atomic mass is 9.75. The topological polar surface area (TPSA) is 55.8 Å². The smallest absolute Gasteiger partial charge is 0.478 e. The van der Waals surface area contributed by atoms with Crippen molar-refractivity contribution in [2.45, 2.75) is 13.8 Å². The Morgan fingerprint density at radius 3 is 2.59 bits per heavy atom. The summed E-state index contributed by atoms with van der Waals surface area (Å²) in [6, 6.07) is 6.66. The molecule has 0 saturated carbocycles. The summed E-state index contributed by atoms with van der Waals surface area (Å²) in [6.45, 7) is 5.34. The maximum absolute atomic E-state index is 10.9. The van der Waals surface area contributed by atoms with E-state index in [1.807, 2.05) is 6.07 Å². The molecule has 0 aromatic heterocycles. The van der Waals surface area contributed by atoms with Crippen molar-refractivity contribution in [3.63, 3.8) is 0 Å². The third-order valence-corrected chi connectivity index (χ3v) is 2.66. The molecule has 4 nitrogen and oxygen atoms in total. The lowest BCUT2D eigenvalue weighted by Crippen LogP contribution is -2.47. The number of carbonyl (C=O) groups is 1. The van der Waals surface area contributed by atoms with Crippen molar-refractivity contribution in [3.05, 3.63) is 29.8 Å². The average molecular weight is 234 g/mol. The summed E-state index contributed by atoms with van der Waals surface area (Å²) in [4.78, 5) is 10.9. The molecule has 1 aromatic carbocycles. The van der Waals surface area contributed by atoms with Gasteiger partial charge in [-0.3, -0.25) is 0 Å². The van der Waals surface area contributed by atoms with Crippen LogP contribution in [0.25, 0.3) is 0 Å². The molecule has 0 radical (unpaired) electrons. The number of carboxylic acids is 1. The zero-order valence-electron chi connectivity index (χ0n) is 9.97. The second-order valence-electron chi connectivity index (χ2n) is 5.05. The normalized spacial score (nSPS) is 19.1. The predicted octanol–water partition coefficient (Wildman–Crippen LogP) is 1.15. The fraction of sp³-hybridized carbons (Fsp3) is 0.417. The van der Waals surface area contributed by atoms with Crippen molar-refractivity contribution >= 4 is 18.6 Å². The van der Waals surface area contributed by atoms with E-state index in [-0.39, 0.29) is 11.0 Å². The van der Waals surface area contributed by atoms with E-state index in [2.05, 4.69) is 13.8 Å². The van der Waals surface area contributed by atoms with E-state index in [9.17, 15) is 4.79 Å². The van der Waals surface area contributed by atoms with Crippen LogP contribution in [0.5, 0.6) is 0 Å². The van der Waals surface area contributed by atoms with Gasteiger partial charge in [0.2, 0.25) is 0 Å². The predicted molar refractivity (Wildman–Crippen MR) is 64.5 cm³/mol. The van der Waals surface area contributed by atoms with E-state index in [4.69, 9.17) is 14.4 Å². The van der Waals surface area contributed by atoms with Crippen LogP contribution in [0.1, 0.15) is 24.2 Å². The van der Waals surface area contributed by atoms with Crippen LogP contribution < -0.4 is 5.46 Å². The molecule has 1 aliphatic rings. The standard InChI is InChI=1S/C12H15BO4/c1-12(2)7-16-13(17-8-12)10-5-3-4-9(6-10)11(14)15/h3-6H,7-8H2,1-2H3,(H,14,15). The van der Waals surface area contributed by atoms with E-state index >= 15 is 0 Å². The van der Waals surface area contributed by atoms with Gasteiger partial charge in [0.05, 0.1) is 5.56 Å². The van der Waals surface area contributed by atoms with Crippen molar-refractivity contribution in [1.29, 1.82) is 0 Å². The summed E-state index contributed by atoms with van der Waals surface area (Å²) in [5.74, 6) is -0.942. The molecule has 0 bridgehead atoms. The van der Waals surface area contributed by atoms with E-state index < -0.39 is 13.1 Å². The van der Waals surface area contributed by atoms with E-state index in [1.165, 1.54) is 0 Å². The molecule has 1 aliphatic heterocycles. The minimum absolute atomic E-state index is 0.0148. The molecule has 1 aromatic rings. The summed E-state index contributed by atoms with van der Waals surface area (Å²) < 4.78 is 11.2. The van der Waals surface area contributed by atoms with Gasteiger partial charge in [-0.2, -0.15) is 0 Å². The van der Waals surface area contributed by atoms with Gasteiger partial charge in [0, 0.05) is 18.6 Å². The third kappa shape index (κ3) is 2.87. The van der Waals surface area contributed by atoms with Gasteiger partial charge in [0.25, 0.3) is 0 Å². The Labute approximate surface area is 101 Å². The zero-order valence-corrected chi connectivity index (χ0v) is 9.97. The number of benzene rings is 1. The molecule has 1 fully saturated rings. The summed E-state index contributed by atoms with van der Waals surface area (Å²) in [5, 5.41) is 8.91. The Bertz CT molecular complexity index is 420. The Morgan fingerprint density at radius 2 is 2.00 bits per heavy atom. The molecule has 5 heteroatoms. The summed E-state index contributed by atoms with van der Waals surface area (Å²) in [6.07, 6.45) is 0. The highest BCUT2D eigenvalue weighted by Gasteiger charge is 2.33. The first-order valence-corrected chi connectivity index (χ1v) is 5.54. The minimum Gasteiger partial charge on any atom is -0.478 e. The Balaban J connectivity index is 2.13. The molecular weight excluding hydrogens is 219 g/mol. The minimum atomic E-state index is -0.942. The molecule has 0 aliphatic carbocycles. The molecule has 17 heavy (non-hydrogen) atoms. The van der Waals surface area contributed by atoms with Gasteiger partial charge in [-0.25, -0.2) is 4.79 Å². The largest absolute Gasteiger partial charge is 0.493 e. The molecule has 1 N–H and O–H groups in total. The van der Waals surface area contributed by atoms with Crippen LogP contribution in [-0.4, -0.2) is 31.4 Å². The lowest BCUT2D eigenvalue weighted by molar-refractivity contribution is 0.0343. The van der Waals surface area contributed by atoms with Gasteiger partial charge in [0.1, 0.15) is 0 Å². The second kappa shape index (κ2) is 4.51. The van der Waals surface area contributed by atoms with Crippen molar-refractivity contribution in [2.24, 2.45) is 5.41 Å². The average Bonchev–Trinajstić information content (AvgIpc) is 2.29. The number of rotatable bonds is 2. The number of aromatic carboxylic acids is 1. The molecular formula is C12H15BO4. The van der Waals surface area contributed by atoms with Crippen LogP contribution in [-0.2, 0) is 9.31 Å². The molecule has 1 saturated heterocycles. The van der Waals surface area contributed by atoms with Gasteiger partial charge >= 0.3 is 13.1 Å². The first kappa shape index (κ1) is 12.1. The van der Waals surface area contributed by atoms with Crippen molar-refractivity contribution in [2.75, 3.05) is 13.2 Å². The zero-order chi connectivity index (χ0) is 12.5. The van der Waals surface area contributed by atoms with Crippen LogP contribution in [0.2, 0.25) is 0 Å². The number of carboxylic acid groups (broad SMARTS) is 1. The number of hydrogen-bond acceptors (Lipinski definition) is 3. The van der Waals surface area contributed by atoms with Gasteiger partial charge in [-0.05, 0) is 17.6 Å². The quantitative estimate of drug-likeness (QED) is 0.780. The highest BCUT2D eigenvalue weighted by molar-refractivity contribution is 6.61. The van der Waals surface area contributed by atoms with Crippen molar-refractivity contribution < 1.29 is 19.2 Å². The van der Waals surface area contributed by atoms with Crippen molar-refractivity contribution in [3.8, 4) is 0 Å². The molecule has 0 amide bonds. The molecule has 0 unspecified atom stereocenters. The SMILES string of the molecule is CC1(C)COB(c2cccc(C(=O)O)c2)OC1. The van der Waals surface area contributed by atoms with Gasteiger partial charge < -0.3 is 14.4 Å². The van der Waals surface area contributed by atoms with Crippen LogP contribution in [0.4, 0.5) is 0 Å². The monoisotopic (exact) mass is 234 g/mol. The fourth-order valence-corrected chi connectivity index (χ4v) is 1.70. The lowest BCUT2D eigenvalue weighted by Gasteiger charge is -2.33. The second-order valence-corrected chi connectivity index (χ2v) is 5.05. The van der Waals surface area contributed by atoms with Crippen LogP contribution in [0, 0.1) is 5.41 Å². The van der Waals surface area contributed by atoms with Gasteiger partial charge in [0.15, 0.2) is 0 Å². The van der Waals surface area contributed by atoms with Gasteiger partial charge in [-0.1, -0.05) is 26.0 Å². The molecule has 90 valence electrons. The Hall–Kier alpha value is -1.33. The highest BCUT2D eigenvalue weighted by atomic mass is 16.6. The Kier molecular flexibility index (Phi) is 3.22. The first-order valence-electron chi connectivity index (χ1n) is 5.54. The summed E-state index contributed by atoms with van der Waals surface area (Å²) in [7, 11) is -0.456. The molecule has 2 rings (SSSR count). The van der Waals surface area contributed by atoms with Crippen LogP contribution >= 0.6 is 0 Å². The van der Waals surface area contributed by atoms with Crippen LogP contribution in [0.15, 0.2) is 24.3 Å². The number of hydrogen-bond donors (Lipinski definition) is 1. The summed E-state index contributed by atoms with van der Waals surface area (Å²) in [5.41, 5.74) is 1.01. The summed E-state index contributed by atoms with van der Waals surface area (Å²) >= 11 is 0. The van der Waals surface area contributed by atoms with Crippen molar-refractivity contribution in [1.82, 2.24) is 0 Å². The molecule has 0 spiro atoms. The Morgan fingerprint density at radius 1 is 1.35 bits per heavy atom. The maximum Gasteiger partial charge on any atom is 0.493 e. The molecule has 1 heterocycles.